The van der Waals surface area contributed by atoms with Crippen molar-refractivity contribution in [1.29, 1.82) is 0 Å². The number of amides is 1. The molecule has 0 aromatic rings. The summed E-state index contributed by atoms with van der Waals surface area (Å²) in [6, 6.07) is -0.226. The van der Waals surface area contributed by atoms with Gasteiger partial charge in [-0.3, -0.25) is 4.90 Å². The standard InChI is InChI=1S/C15H23NO4/c1-14(2,3)20-13(18)16-11-7-9-15(16,4)8-6-10(11)12(17)19-5/h6,11H,7-9H2,1-5H3/t11-,15-/m1/s1. The first-order valence-corrected chi connectivity index (χ1v) is 6.99. The molecule has 2 aliphatic heterocycles. The van der Waals surface area contributed by atoms with Crippen molar-refractivity contribution in [1.82, 2.24) is 4.90 Å². The molecule has 0 spiro atoms. The molecule has 0 radical (unpaired) electrons. The van der Waals surface area contributed by atoms with Crippen LogP contribution >= 0.6 is 0 Å². The maximum atomic E-state index is 12.5. The number of esters is 1. The van der Waals surface area contributed by atoms with Crippen LogP contribution in [0.3, 0.4) is 0 Å². The van der Waals surface area contributed by atoms with Crippen molar-refractivity contribution in [2.45, 2.75) is 64.1 Å². The molecule has 5 heteroatoms. The number of ether oxygens (including phenoxy) is 2. The van der Waals surface area contributed by atoms with Gasteiger partial charge in [0.2, 0.25) is 0 Å². The van der Waals surface area contributed by atoms with Gasteiger partial charge in [-0.1, -0.05) is 6.08 Å². The molecule has 1 amide bonds. The minimum atomic E-state index is -0.542. The highest BCUT2D eigenvalue weighted by Crippen LogP contribution is 2.44. The van der Waals surface area contributed by atoms with Crippen LogP contribution in [0.1, 0.15) is 47.0 Å². The number of carbonyl (C=O) groups is 2. The van der Waals surface area contributed by atoms with Gasteiger partial charge >= 0.3 is 12.1 Å². The Morgan fingerprint density at radius 1 is 1.40 bits per heavy atom. The second-order valence-corrected chi connectivity index (χ2v) is 6.76. The molecular weight excluding hydrogens is 258 g/mol. The smallest absolute Gasteiger partial charge is 0.411 e. The van der Waals surface area contributed by atoms with Gasteiger partial charge in [0, 0.05) is 5.54 Å². The lowest BCUT2D eigenvalue weighted by molar-refractivity contribution is -0.137. The van der Waals surface area contributed by atoms with Crippen LogP contribution in [0.15, 0.2) is 11.6 Å². The summed E-state index contributed by atoms with van der Waals surface area (Å²) in [5.74, 6) is -0.354. The van der Waals surface area contributed by atoms with Gasteiger partial charge in [0.05, 0.1) is 18.7 Å². The number of hydrogen-bond acceptors (Lipinski definition) is 4. The molecule has 0 aromatic carbocycles. The number of methoxy groups -OCH3 is 1. The van der Waals surface area contributed by atoms with Crippen LogP contribution in [-0.4, -0.2) is 41.3 Å². The molecule has 2 aliphatic rings. The van der Waals surface area contributed by atoms with E-state index in [2.05, 4.69) is 0 Å². The van der Waals surface area contributed by atoms with E-state index < -0.39 is 5.60 Å². The van der Waals surface area contributed by atoms with Gasteiger partial charge in [-0.2, -0.15) is 0 Å². The van der Waals surface area contributed by atoms with Crippen LogP contribution in [0.2, 0.25) is 0 Å². The Kier molecular flexibility index (Phi) is 3.56. The van der Waals surface area contributed by atoms with Crippen LogP contribution in [0.4, 0.5) is 4.79 Å². The molecule has 1 fully saturated rings. The predicted molar refractivity (Wildman–Crippen MR) is 74.2 cm³/mol. The van der Waals surface area contributed by atoms with E-state index in [0.717, 1.165) is 12.8 Å². The first kappa shape index (κ1) is 14.9. The fraction of sp³-hybridized carbons (Fsp3) is 0.733. The Labute approximate surface area is 119 Å². The third kappa shape index (κ3) is 2.53. The summed E-state index contributed by atoms with van der Waals surface area (Å²) in [4.78, 5) is 26.0. The van der Waals surface area contributed by atoms with Gasteiger partial charge in [-0.15, -0.1) is 0 Å². The average Bonchev–Trinajstić information content (AvgIpc) is 2.56. The Morgan fingerprint density at radius 2 is 2.05 bits per heavy atom. The van der Waals surface area contributed by atoms with Crippen molar-refractivity contribution in [3.8, 4) is 0 Å². The molecular formula is C15H23NO4. The summed E-state index contributed by atoms with van der Waals surface area (Å²) in [6.45, 7) is 7.57. The van der Waals surface area contributed by atoms with Crippen molar-refractivity contribution in [3.63, 3.8) is 0 Å². The van der Waals surface area contributed by atoms with Crippen molar-refractivity contribution in [2.24, 2.45) is 0 Å². The molecule has 0 saturated carbocycles. The van der Waals surface area contributed by atoms with Crippen molar-refractivity contribution < 1.29 is 19.1 Å². The molecule has 20 heavy (non-hydrogen) atoms. The summed E-state index contributed by atoms with van der Waals surface area (Å²) in [5.41, 5.74) is -0.224. The zero-order chi connectivity index (χ0) is 15.1. The molecule has 5 nitrogen and oxygen atoms in total. The van der Waals surface area contributed by atoms with Crippen LogP contribution in [0, 0.1) is 0 Å². The molecule has 1 saturated heterocycles. The normalized spacial score (nSPS) is 28.9. The first-order valence-electron chi connectivity index (χ1n) is 6.99. The Balaban J connectivity index is 2.27. The monoisotopic (exact) mass is 281 g/mol. The van der Waals surface area contributed by atoms with Crippen LogP contribution in [-0.2, 0) is 14.3 Å². The van der Waals surface area contributed by atoms with Crippen LogP contribution in [0.25, 0.3) is 0 Å². The molecule has 2 heterocycles. The fourth-order valence-corrected chi connectivity index (χ4v) is 3.03. The minimum Gasteiger partial charge on any atom is -0.466 e. The summed E-state index contributed by atoms with van der Waals surface area (Å²) < 4.78 is 10.3. The molecule has 2 bridgehead atoms. The second kappa shape index (κ2) is 4.79. The van der Waals surface area contributed by atoms with Gasteiger partial charge in [0.1, 0.15) is 5.60 Å². The van der Waals surface area contributed by atoms with Gasteiger partial charge < -0.3 is 9.47 Å². The maximum absolute atomic E-state index is 12.5. The van der Waals surface area contributed by atoms with E-state index in [1.165, 1.54) is 7.11 Å². The highest BCUT2D eigenvalue weighted by molar-refractivity contribution is 5.91. The predicted octanol–water partition coefficient (Wildman–Crippen LogP) is 2.65. The summed E-state index contributed by atoms with van der Waals surface area (Å²) in [6.07, 6.45) is 3.86. The van der Waals surface area contributed by atoms with Crippen molar-refractivity contribution >= 4 is 12.1 Å². The van der Waals surface area contributed by atoms with Gasteiger partial charge in [-0.25, -0.2) is 9.59 Å². The van der Waals surface area contributed by atoms with Gasteiger partial charge in [0.15, 0.2) is 0 Å². The quantitative estimate of drug-likeness (QED) is 0.693. The third-order valence-corrected chi connectivity index (χ3v) is 3.98. The lowest BCUT2D eigenvalue weighted by atomic mass is 9.92. The highest BCUT2D eigenvalue weighted by Gasteiger charge is 2.51. The van der Waals surface area contributed by atoms with E-state index in [4.69, 9.17) is 9.47 Å². The molecule has 0 unspecified atom stereocenters. The number of hydrogen-bond donors (Lipinski definition) is 0. The minimum absolute atomic E-state index is 0.226. The second-order valence-electron chi connectivity index (χ2n) is 6.76. The number of fused-ring (bicyclic) bond motifs is 2. The van der Waals surface area contributed by atoms with E-state index in [1.54, 1.807) is 4.90 Å². The van der Waals surface area contributed by atoms with Gasteiger partial charge in [-0.05, 0) is 47.0 Å². The number of rotatable bonds is 1. The summed E-state index contributed by atoms with van der Waals surface area (Å²) >= 11 is 0. The van der Waals surface area contributed by atoms with E-state index in [1.807, 2.05) is 33.8 Å². The Hall–Kier alpha value is -1.52. The maximum Gasteiger partial charge on any atom is 0.411 e. The lowest BCUT2D eigenvalue weighted by Gasteiger charge is -2.41. The van der Waals surface area contributed by atoms with Crippen molar-refractivity contribution in [2.75, 3.05) is 7.11 Å². The average molecular weight is 281 g/mol. The number of carbonyl (C=O) groups excluding carboxylic acids is 2. The van der Waals surface area contributed by atoms with E-state index in [9.17, 15) is 9.59 Å². The molecule has 0 aromatic heterocycles. The van der Waals surface area contributed by atoms with E-state index >= 15 is 0 Å². The molecule has 0 N–H and O–H groups in total. The first-order chi connectivity index (χ1) is 9.18. The molecule has 2 atom stereocenters. The van der Waals surface area contributed by atoms with Crippen molar-refractivity contribution in [3.05, 3.63) is 11.6 Å². The highest BCUT2D eigenvalue weighted by atomic mass is 16.6. The largest absolute Gasteiger partial charge is 0.466 e. The SMILES string of the molecule is COC(=O)C1=CC[C@]2(C)CC[C@H]1N2C(=O)OC(C)(C)C. The summed E-state index contributed by atoms with van der Waals surface area (Å²) in [5, 5.41) is 0. The number of nitrogens with zero attached hydrogens (tertiary/aromatic N) is 1. The van der Waals surface area contributed by atoms with E-state index in [-0.39, 0.29) is 23.6 Å². The molecule has 0 aliphatic carbocycles. The van der Waals surface area contributed by atoms with Crippen LogP contribution < -0.4 is 0 Å². The fourth-order valence-electron chi connectivity index (χ4n) is 3.03. The molecule has 112 valence electrons. The van der Waals surface area contributed by atoms with Crippen LogP contribution in [0.5, 0.6) is 0 Å². The topological polar surface area (TPSA) is 55.8 Å². The Morgan fingerprint density at radius 3 is 2.60 bits per heavy atom. The van der Waals surface area contributed by atoms with Gasteiger partial charge in [0.25, 0.3) is 0 Å². The lowest BCUT2D eigenvalue weighted by Crippen LogP contribution is -2.53. The zero-order valence-electron chi connectivity index (χ0n) is 12.9. The Bertz CT molecular complexity index is 463. The van der Waals surface area contributed by atoms with E-state index in [0.29, 0.717) is 12.0 Å². The summed E-state index contributed by atoms with van der Waals surface area (Å²) in [7, 11) is 1.36. The zero-order valence-corrected chi connectivity index (χ0v) is 12.9. The molecule has 2 rings (SSSR count). The third-order valence-electron chi connectivity index (χ3n) is 3.98.